The van der Waals surface area contributed by atoms with Crippen LogP contribution in [0.3, 0.4) is 0 Å². The fourth-order valence-electron chi connectivity index (χ4n) is 2.04. The predicted octanol–water partition coefficient (Wildman–Crippen LogP) is 3.00. The Morgan fingerprint density at radius 2 is 2.18 bits per heavy atom. The van der Waals surface area contributed by atoms with E-state index in [2.05, 4.69) is 10.3 Å². The van der Waals surface area contributed by atoms with Crippen molar-refractivity contribution in [2.45, 2.75) is 13.5 Å². The Balaban J connectivity index is 2.62. The second kappa shape index (κ2) is 6.72. The monoisotopic (exact) mass is 324 g/mol. The number of pyridine rings is 1. The maximum Gasteiger partial charge on any atom is 0.222 e. The number of carbonyl (C=O) groups is 1. The molecule has 1 heterocycles. The highest BCUT2D eigenvalue weighted by molar-refractivity contribution is 6.32. The highest BCUT2D eigenvalue weighted by Gasteiger charge is 2.17. The molecule has 0 bridgehead atoms. The number of hydrogen-bond donors (Lipinski definition) is 2. The highest BCUT2D eigenvalue weighted by atomic mass is 35.5. The molecule has 0 aliphatic carbocycles. The number of anilines is 1. The average Bonchev–Trinajstić information content (AvgIpc) is 2.47. The number of hydrogen-bond acceptors (Lipinski definition) is 4. The molecule has 1 aromatic heterocycles. The molecule has 22 heavy (non-hydrogen) atoms. The average molecular weight is 325 g/mol. The molecule has 1 amide bonds. The lowest BCUT2D eigenvalue weighted by Crippen LogP contribution is -2.08. The van der Waals surface area contributed by atoms with E-state index in [0.717, 1.165) is 0 Å². The Kier molecular flexibility index (Phi) is 4.95. The molecule has 0 aliphatic rings. The number of benzene rings is 1. The molecule has 1 aromatic carbocycles. The summed E-state index contributed by atoms with van der Waals surface area (Å²) < 4.78 is 19.5. The smallest absolute Gasteiger partial charge is 0.222 e. The first-order chi connectivity index (χ1) is 10.5. The second-order valence-corrected chi connectivity index (χ2v) is 4.92. The van der Waals surface area contributed by atoms with Gasteiger partial charge in [-0.25, -0.2) is 9.37 Å². The molecule has 2 aromatic rings. The van der Waals surface area contributed by atoms with Crippen molar-refractivity contribution in [1.82, 2.24) is 4.98 Å². The van der Waals surface area contributed by atoms with E-state index in [1.165, 1.54) is 38.4 Å². The predicted molar refractivity (Wildman–Crippen MR) is 81.4 cm³/mol. The third kappa shape index (κ3) is 3.18. The van der Waals surface area contributed by atoms with Gasteiger partial charge in [0.05, 0.1) is 18.7 Å². The van der Waals surface area contributed by atoms with Gasteiger partial charge in [0.2, 0.25) is 5.91 Å². The molecular formula is C15H14ClFN2O3. The van der Waals surface area contributed by atoms with Crippen LogP contribution in [0.4, 0.5) is 10.2 Å². The molecule has 0 aliphatic heterocycles. The third-order valence-electron chi connectivity index (χ3n) is 3.00. The molecule has 2 rings (SSSR count). The van der Waals surface area contributed by atoms with Crippen molar-refractivity contribution < 1.29 is 19.0 Å². The number of rotatable bonds is 4. The molecule has 0 unspecified atom stereocenters. The number of ether oxygens (including phenoxy) is 1. The number of nitrogens with one attached hydrogen (secondary N) is 1. The van der Waals surface area contributed by atoms with Crippen LogP contribution in [0, 0.1) is 5.82 Å². The summed E-state index contributed by atoms with van der Waals surface area (Å²) >= 11 is 5.88. The van der Waals surface area contributed by atoms with Gasteiger partial charge in [-0.1, -0.05) is 11.6 Å². The van der Waals surface area contributed by atoms with Crippen LogP contribution in [0.1, 0.15) is 12.5 Å². The van der Waals surface area contributed by atoms with Gasteiger partial charge in [0.1, 0.15) is 5.82 Å². The van der Waals surface area contributed by atoms with Crippen LogP contribution >= 0.6 is 11.6 Å². The summed E-state index contributed by atoms with van der Waals surface area (Å²) in [6, 6.07) is 4.46. The zero-order chi connectivity index (χ0) is 16.3. The number of nitrogens with zero attached hydrogens (tertiary/aromatic N) is 1. The van der Waals surface area contributed by atoms with Gasteiger partial charge in [-0.15, -0.1) is 0 Å². The Labute approximate surface area is 131 Å². The molecule has 0 saturated carbocycles. The number of halogens is 2. The van der Waals surface area contributed by atoms with Crippen molar-refractivity contribution >= 4 is 23.3 Å². The van der Waals surface area contributed by atoms with E-state index in [9.17, 15) is 14.3 Å². The Hall–Kier alpha value is -2.18. The number of aromatic nitrogens is 1. The Bertz CT molecular complexity index is 722. The first-order valence-electron chi connectivity index (χ1n) is 6.37. The first-order valence-corrected chi connectivity index (χ1v) is 6.75. The van der Waals surface area contributed by atoms with Crippen LogP contribution in [0.2, 0.25) is 5.02 Å². The summed E-state index contributed by atoms with van der Waals surface area (Å²) in [7, 11) is 1.32. The summed E-state index contributed by atoms with van der Waals surface area (Å²) in [4.78, 5) is 15.1. The van der Waals surface area contributed by atoms with Crippen molar-refractivity contribution in [3.05, 3.63) is 40.8 Å². The van der Waals surface area contributed by atoms with E-state index in [4.69, 9.17) is 16.3 Å². The van der Waals surface area contributed by atoms with Crippen LogP contribution < -0.4 is 10.1 Å². The van der Waals surface area contributed by atoms with Crippen LogP contribution in [0.15, 0.2) is 24.4 Å². The molecule has 7 heteroatoms. The van der Waals surface area contributed by atoms with Gasteiger partial charge in [-0.3, -0.25) is 4.79 Å². The summed E-state index contributed by atoms with van der Waals surface area (Å²) in [6.07, 6.45) is 1.38. The minimum absolute atomic E-state index is 0.0825. The van der Waals surface area contributed by atoms with Crippen LogP contribution in [0.25, 0.3) is 11.1 Å². The van der Waals surface area contributed by atoms with Crippen molar-refractivity contribution in [1.29, 1.82) is 0 Å². The normalized spacial score (nSPS) is 10.4. The van der Waals surface area contributed by atoms with E-state index in [1.54, 1.807) is 0 Å². The van der Waals surface area contributed by atoms with Gasteiger partial charge in [-0.2, -0.15) is 0 Å². The molecule has 116 valence electrons. The van der Waals surface area contributed by atoms with Gasteiger partial charge >= 0.3 is 0 Å². The molecule has 0 saturated heterocycles. The fourth-order valence-corrected chi connectivity index (χ4v) is 2.26. The number of aliphatic hydroxyl groups excluding tert-OH is 1. The lowest BCUT2D eigenvalue weighted by Gasteiger charge is -2.13. The minimum atomic E-state index is -0.648. The van der Waals surface area contributed by atoms with Gasteiger partial charge in [0, 0.05) is 24.2 Å². The molecule has 0 spiro atoms. The van der Waals surface area contributed by atoms with Gasteiger partial charge in [0.25, 0.3) is 0 Å². The van der Waals surface area contributed by atoms with Crippen molar-refractivity contribution in [2.75, 3.05) is 12.4 Å². The largest absolute Gasteiger partial charge is 0.492 e. The molecule has 0 atom stereocenters. The van der Waals surface area contributed by atoms with Gasteiger partial charge in [-0.05, 0) is 23.8 Å². The molecule has 2 N–H and O–H groups in total. The van der Waals surface area contributed by atoms with Crippen molar-refractivity contribution in [2.24, 2.45) is 0 Å². The van der Waals surface area contributed by atoms with E-state index in [-0.39, 0.29) is 34.7 Å². The zero-order valence-electron chi connectivity index (χ0n) is 12.0. The first kappa shape index (κ1) is 16.2. The lowest BCUT2D eigenvalue weighted by molar-refractivity contribution is -0.114. The molecule has 5 nitrogen and oxygen atoms in total. The lowest BCUT2D eigenvalue weighted by atomic mass is 10.0. The maximum atomic E-state index is 14.5. The SMILES string of the molecule is COc1c(Cl)ccc(-c2cc(NC(C)=O)ncc2CO)c1F. The third-order valence-corrected chi connectivity index (χ3v) is 3.30. The number of amides is 1. The number of carbonyl (C=O) groups excluding carboxylic acids is 1. The second-order valence-electron chi connectivity index (χ2n) is 4.51. The van der Waals surface area contributed by atoms with E-state index in [0.29, 0.717) is 11.1 Å². The zero-order valence-corrected chi connectivity index (χ0v) is 12.7. The van der Waals surface area contributed by atoms with E-state index in [1.807, 2.05) is 0 Å². The quantitative estimate of drug-likeness (QED) is 0.907. The summed E-state index contributed by atoms with van der Waals surface area (Å²) in [5.74, 6) is -0.775. The van der Waals surface area contributed by atoms with E-state index >= 15 is 0 Å². The molecule has 0 fully saturated rings. The topological polar surface area (TPSA) is 71.5 Å². The summed E-state index contributed by atoms with van der Waals surface area (Å²) in [6.45, 7) is 1.01. The number of aliphatic hydroxyl groups is 1. The fraction of sp³-hybridized carbons (Fsp3) is 0.200. The maximum absolute atomic E-state index is 14.5. The van der Waals surface area contributed by atoms with Crippen LogP contribution in [-0.4, -0.2) is 23.1 Å². The van der Waals surface area contributed by atoms with Crippen LogP contribution in [-0.2, 0) is 11.4 Å². The number of methoxy groups -OCH3 is 1. The Morgan fingerprint density at radius 3 is 2.77 bits per heavy atom. The highest BCUT2D eigenvalue weighted by Crippen LogP contribution is 2.36. The minimum Gasteiger partial charge on any atom is -0.492 e. The van der Waals surface area contributed by atoms with Crippen molar-refractivity contribution in [3.8, 4) is 16.9 Å². The van der Waals surface area contributed by atoms with Crippen LogP contribution in [0.5, 0.6) is 5.75 Å². The molecular weight excluding hydrogens is 311 g/mol. The van der Waals surface area contributed by atoms with Crippen molar-refractivity contribution in [3.63, 3.8) is 0 Å². The summed E-state index contributed by atoms with van der Waals surface area (Å²) in [5, 5.41) is 12.1. The van der Waals surface area contributed by atoms with E-state index < -0.39 is 5.82 Å². The standard InChI is InChI=1S/C15H14ClFN2O3/c1-8(21)19-13-5-11(9(7-20)6-18-13)10-3-4-12(16)15(22-2)14(10)17/h3-6,20H,7H2,1-2H3,(H,18,19,21). The Morgan fingerprint density at radius 1 is 1.45 bits per heavy atom. The molecule has 0 radical (unpaired) electrons. The van der Waals surface area contributed by atoms with Gasteiger partial charge < -0.3 is 15.2 Å². The summed E-state index contributed by atoms with van der Waals surface area (Å²) in [5.41, 5.74) is 1.00. The van der Waals surface area contributed by atoms with Gasteiger partial charge in [0.15, 0.2) is 11.6 Å².